The Morgan fingerprint density at radius 2 is 1.95 bits per heavy atom. The molecule has 19 heavy (non-hydrogen) atoms. The van der Waals surface area contributed by atoms with Crippen molar-refractivity contribution in [2.75, 3.05) is 19.0 Å². The van der Waals surface area contributed by atoms with Crippen LogP contribution in [0.25, 0.3) is 0 Å². The predicted octanol–water partition coefficient (Wildman–Crippen LogP) is 1.11. The number of carboxylic acid groups (broad SMARTS) is 1. The summed E-state index contributed by atoms with van der Waals surface area (Å²) >= 11 is 7.74. The van der Waals surface area contributed by atoms with Crippen molar-refractivity contribution < 1.29 is 24.2 Å². The average molecular weight is 507 g/mol. The minimum atomic E-state index is -1.31. The maximum atomic E-state index is 11.0. The second-order valence-corrected chi connectivity index (χ2v) is 6.00. The first-order valence-electron chi connectivity index (χ1n) is 5.05. The molecule has 8 heteroatoms. The van der Waals surface area contributed by atoms with E-state index in [9.17, 15) is 14.7 Å². The van der Waals surface area contributed by atoms with Crippen molar-refractivity contribution in [3.8, 4) is 5.75 Å². The van der Waals surface area contributed by atoms with Crippen LogP contribution >= 0.6 is 57.8 Å². The SMILES string of the molecule is O=C(CS)OCCOc1c(I)cc(I)cc1C(=O)[O-]. The van der Waals surface area contributed by atoms with Crippen molar-refractivity contribution in [3.05, 3.63) is 24.8 Å². The van der Waals surface area contributed by atoms with E-state index in [-0.39, 0.29) is 30.3 Å². The molecule has 0 atom stereocenters. The fourth-order valence-corrected chi connectivity index (χ4v) is 3.30. The van der Waals surface area contributed by atoms with Gasteiger partial charge in [-0.3, -0.25) is 4.79 Å². The van der Waals surface area contributed by atoms with Crippen LogP contribution < -0.4 is 9.84 Å². The van der Waals surface area contributed by atoms with Gasteiger partial charge in [0.2, 0.25) is 0 Å². The Morgan fingerprint density at radius 1 is 1.26 bits per heavy atom. The first kappa shape index (κ1) is 16.8. The highest BCUT2D eigenvalue weighted by Crippen LogP contribution is 2.28. The first-order chi connectivity index (χ1) is 8.95. The molecule has 0 spiro atoms. The van der Waals surface area contributed by atoms with Gasteiger partial charge in [0.25, 0.3) is 0 Å². The Hall–Kier alpha value is -0.230. The first-order valence-corrected chi connectivity index (χ1v) is 7.84. The zero-order chi connectivity index (χ0) is 14.4. The van der Waals surface area contributed by atoms with Crippen LogP contribution in [0.3, 0.4) is 0 Å². The van der Waals surface area contributed by atoms with Gasteiger partial charge >= 0.3 is 5.97 Å². The summed E-state index contributed by atoms with van der Waals surface area (Å²) < 4.78 is 11.5. The lowest BCUT2D eigenvalue weighted by Crippen LogP contribution is -2.24. The van der Waals surface area contributed by atoms with Crippen LogP contribution in [0, 0.1) is 7.14 Å². The number of rotatable bonds is 6. The summed E-state index contributed by atoms with van der Waals surface area (Å²) in [4.78, 5) is 21.9. The molecule has 0 saturated heterocycles. The smallest absolute Gasteiger partial charge is 0.315 e. The number of benzene rings is 1. The maximum Gasteiger partial charge on any atom is 0.315 e. The molecule has 1 rings (SSSR count). The zero-order valence-electron chi connectivity index (χ0n) is 9.52. The van der Waals surface area contributed by atoms with E-state index in [1.165, 1.54) is 6.07 Å². The topological polar surface area (TPSA) is 75.7 Å². The number of thiol groups is 1. The number of hydrogen-bond donors (Lipinski definition) is 1. The number of aromatic carboxylic acids is 1. The normalized spacial score (nSPS) is 10.1. The van der Waals surface area contributed by atoms with Crippen molar-refractivity contribution >= 4 is 69.7 Å². The lowest BCUT2D eigenvalue weighted by atomic mass is 10.2. The van der Waals surface area contributed by atoms with Gasteiger partial charge in [-0.05, 0) is 57.3 Å². The van der Waals surface area contributed by atoms with Crippen molar-refractivity contribution in [1.82, 2.24) is 0 Å². The highest BCUT2D eigenvalue weighted by atomic mass is 127. The summed E-state index contributed by atoms with van der Waals surface area (Å²) in [6, 6.07) is 3.25. The van der Waals surface area contributed by atoms with E-state index in [4.69, 9.17) is 9.47 Å². The summed E-state index contributed by atoms with van der Waals surface area (Å²) in [6.45, 7) is 0.102. The summed E-state index contributed by atoms with van der Waals surface area (Å²) in [6.07, 6.45) is 0. The van der Waals surface area contributed by atoms with E-state index < -0.39 is 11.9 Å². The van der Waals surface area contributed by atoms with E-state index >= 15 is 0 Å². The molecule has 0 aromatic heterocycles. The molecule has 0 heterocycles. The number of ether oxygens (including phenoxy) is 2. The van der Waals surface area contributed by atoms with Crippen molar-refractivity contribution in [1.29, 1.82) is 0 Å². The molecule has 0 saturated carbocycles. The van der Waals surface area contributed by atoms with Gasteiger partial charge in [-0.2, -0.15) is 12.6 Å². The minimum Gasteiger partial charge on any atom is -0.545 e. The molecular weight excluding hydrogens is 498 g/mol. The molecule has 104 valence electrons. The fourth-order valence-electron chi connectivity index (χ4n) is 1.20. The number of hydrogen-bond acceptors (Lipinski definition) is 6. The number of carbonyl (C=O) groups is 2. The van der Waals surface area contributed by atoms with Crippen molar-refractivity contribution in [2.24, 2.45) is 0 Å². The Balaban J connectivity index is 2.72. The lowest BCUT2D eigenvalue weighted by molar-refractivity contribution is -0.255. The van der Waals surface area contributed by atoms with Crippen LogP contribution in [-0.2, 0) is 9.53 Å². The zero-order valence-corrected chi connectivity index (χ0v) is 14.7. The third-order valence-electron chi connectivity index (χ3n) is 1.95. The predicted molar refractivity (Wildman–Crippen MR) is 86.5 cm³/mol. The lowest BCUT2D eigenvalue weighted by Gasteiger charge is -2.14. The van der Waals surface area contributed by atoms with Gasteiger partial charge in [0.1, 0.15) is 19.0 Å². The molecule has 0 bridgehead atoms. The van der Waals surface area contributed by atoms with Gasteiger partial charge < -0.3 is 19.4 Å². The van der Waals surface area contributed by atoms with Crippen LogP contribution in [0.5, 0.6) is 5.75 Å². The molecule has 0 aliphatic heterocycles. The second kappa shape index (κ2) is 8.15. The maximum absolute atomic E-state index is 11.0. The third kappa shape index (κ3) is 5.34. The molecule has 0 unspecified atom stereocenters. The Morgan fingerprint density at radius 3 is 2.53 bits per heavy atom. The van der Waals surface area contributed by atoms with Crippen LogP contribution in [-0.4, -0.2) is 30.9 Å². The molecule has 5 nitrogen and oxygen atoms in total. The van der Waals surface area contributed by atoms with Gasteiger partial charge in [0.05, 0.1) is 15.3 Å². The van der Waals surface area contributed by atoms with Crippen molar-refractivity contribution in [3.63, 3.8) is 0 Å². The molecule has 0 radical (unpaired) electrons. The van der Waals surface area contributed by atoms with E-state index in [0.717, 1.165) is 3.57 Å². The third-order valence-corrected chi connectivity index (χ3v) is 3.63. The van der Waals surface area contributed by atoms with Gasteiger partial charge in [-0.1, -0.05) is 0 Å². The summed E-state index contributed by atoms with van der Waals surface area (Å²) in [5.74, 6) is -1.54. The molecule has 0 amide bonds. The van der Waals surface area contributed by atoms with E-state index in [1.807, 2.05) is 45.2 Å². The van der Waals surface area contributed by atoms with Crippen LogP contribution in [0.4, 0.5) is 0 Å². The van der Waals surface area contributed by atoms with Gasteiger partial charge in [0.15, 0.2) is 0 Å². The van der Waals surface area contributed by atoms with E-state index in [0.29, 0.717) is 3.57 Å². The summed E-state index contributed by atoms with van der Waals surface area (Å²) in [5, 5.41) is 11.0. The Labute approximate surface area is 142 Å². The van der Waals surface area contributed by atoms with E-state index in [1.54, 1.807) is 6.07 Å². The number of esters is 1. The largest absolute Gasteiger partial charge is 0.545 e. The number of halogens is 2. The average Bonchev–Trinajstić information content (AvgIpc) is 2.35. The van der Waals surface area contributed by atoms with Crippen LogP contribution in [0.15, 0.2) is 12.1 Å². The summed E-state index contributed by atoms with van der Waals surface area (Å²) in [5.41, 5.74) is -0.0168. The Kier molecular flexibility index (Phi) is 7.21. The Bertz CT molecular complexity index is 492. The molecular formula is C11H9I2O5S-. The summed E-state index contributed by atoms with van der Waals surface area (Å²) in [7, 11) is 0. The quantitative estimate of drug-likeness (QED) is 0.271. The highest BCUT2D eigenvalue weighted by Gasteiger charge is 2.11. The molecule has 1 aromatic carbocycles. The van der Waals surface area contributed by atoms with E-state index in [2.05, 4.69) is 12.6 Å². The van der Waals surface area contributed by atoms with Crippen LogP contribution in [0.2, 0.25) is 0 Å². The van der Waals surface area contributed by atoms with Gasteiger partial charge in [0, 0.05) is 9.13 Å². The molecule has 1 aromatic rings. The fraction of sp³-hybridized carbons (Fsp3) is 0.273. The molecule has 0 aliphatic carbocycles. The second-order valence-electron chi connectivity index (χ2n) is 3.28. The number of carboxylic acids is 1. The van der Waals surface area contributed by atoms with Gasteiger partial charge in [-0.15, -0.1) is 0 Å². The molecule has 0 N–H and O–H groups in total. The standard InChI is InChI=1S/C11H10I2O5S/c12-6-3-7(11(15)16)10(8(13)4-6)18-2-1-17-9(14)5-19/h3-4,19H,1-2,5H2,(H,15,16)/p-1. The molecule has 0 fully saturated rings. The monoisotopic (exact) mass is 507 g/mol. The minimum absolute atomic E-state index is 0.00857. The van der Waals surface area contributed by atoms with Crippen LogP contribution in [0.1, 0.15) is 10.4 Å². The van der Waals surface area contributed by atoms with Crippen molar-refractivity contribution in [2.45, 2.75) is 0 Å². The number of carbonyl (C=O) groups excluding carboxylic acids is 2. The van der Waals surface area contributed by atoms with Gasteiger partial charge in [-0.25, -0.2) is 0 Å². The molecule has 0 aliphatic rings. The highest BCUT2D eigenvalue weighted by molar-refractivity contribution is 14.1.